The van der Waals surface area contributed by atoms with Gasteiger partial charge in [-0.2, -0.15) is 0 Å². The van der Waals surface area contributed by atoms with Crippen LogP contribution in [-0.2, 0) is 4.74 Å². The summed E-state index contributed by atoms with van der Waals surface area (Å²) in [6, 6.07) is 7.88. The van der Waals surface area contributed by atoms with Gasteiger partial charge in [-0.1, -0.05) is 12.1 Å². The van der Waals surface area contributed by atoms with Gasteiger partial charge in [0.05, 0.1) is 13.2 Å². The first-order valence-electron chi connectivity index (χ1n) is 7.69. The van der Waals surface area contributed by atoms with E-state index in [0.717, 1.165) is 43.0 Å². The summed E-state index contributed by atoms with van der Waals surface area (Å²) in [6.45, 7) is 6.14. The Bertz CT molecular complexity index is 626. The third-order valence-electron chi connectivity index (χ3n) is 3.96. The number of nitrogens with zero attached hydrogens (tertiary/aromatic N) is 2. The highest BCUT2D eigenvalue weighted by Crippen LogP contribution is 2.25. The normalized spacial score (nSPS) is 17.5. The molecular formula is C17H22N2O3. The van der Waals surface area contributed by atoms with Crippen molar-refractivity contribution in [1.82, 2.24) is 9.88 Å². The number of para-hydroxylation sites is 1. The molecule has 0 aliphatic carbocycles. The van der Waals surface area contributed by atoms with E-state index in [-0.39, 0.29) is 6.61 Å². The number of benzene rings is 1. The monoisotopic (exact) mass is 302 g/mol. The number of aliphatic hydroxyl groups is 1. The van der Waals surface area contributed by atoms with Crippen molar-refractivity contribution in [2.45, 2.75) is 13.0 Å². The fraction of sp³-hybridized carbons (Fsp3) is 0.471. The summed E-state index contributed by atoms with van der Waals surface area (Å²) in [5.41, 5.74) is 2.02. The second kappa shape index (κ2) is 7.05. The molecule has 118 valence electrons. The van der Waals surface area contributed by atoms with E-state index in [4.69, 9.17) is 9.47 Å². The lowest BCUT2D eigenvalue weighted by Gasteiger charge is -2.28. The van der Waals surface area contributed by atoms with Crippen LogP contribution in [0.3, 0.4) is 0 Å². The smallest absolute Gasteiger partial charge is 0.145 e. The zero-order chi connectivity index (χ0) is 15.4. The number of pyridine rings is 1. The zero-order valence-corrected chi connectivity index (χ0v) is 12.9. The fourth-order valence-corrected chi connectivity index (χ4v) is 2.72. The maximum atomic E-state index is 10.2. The molecule has 1 aliphatic heterocycles. The third kappa shape index (κ3) is 3.55. The minimum absolute atomic E-state index is 0.270. The molecule has 3 rings (SSSR count). The van der Waals surface area contributed by atoms with E-state index in [1.807, 2.05) is 24.3 Å². The number of ether oxygens (including phenoxy) is 2. The molecule has 1 saturated heterocycles. The molecule has 0 bridgehead atoms. The quantitative estimate of drug-likeness (QED) is 0.909. The van der Waals surface area contributed by atoms with Crippen molar-refractivity contribution >= 4 is 10.9 Å². The molecule has 0 saturated carbocycles. The van der Waals surface area contributed by atoms with Crippen molar-refractivity contribution in [3.05, 3.63) is 36.0 Å². The molecule has 1 aromatic carbocycles. The van der Waals surface area contributed by atoms with Crippen LogP contribution in [0.2, 0.25) is 0 Å². The fourth-order valence-electron chi connectivity index (χ4n) is 2.72. The molecule has 1 aromatic heterocycles. The number of aliphatic hydroxyl groups excluding tert-OH is 1. The van der Waals surface area contributed by atoms with Crippen LogP contribution in [0.1, 0.15) is 5.56 Å². The van der Waals surface area contributed by atoms with Crippen LogP contribution in [-0.4, -0.2) is 60.5 Å². The number of hydrogen-bond acceptors (Lipinski definition) is 5. The highest BCUT2D eigenvalue weighted by molar-refractivity contribution is 5.86. The predicted molar refractivity (Wildman–Crippen MR) is 85.2 cm³/mol. The summed E-state index contributed by atoms with van der Waals surface area (Å²) in [6.07, 6.45) is 1.27. The Kier molecular flexibility index (Phi) is 4.87. The van der Waals surface area contributed by atoms with E-state index >= 15 is 0 Å². The topological polar surface area (TPSA) is 54.8 Å². The van der Waals surface area contributed by atoms with Crippen LogP contribution in [0.25, 0.3) is 10.9 Å². The van der Waals surface area contributed by atoms with Crippen molar-refractivity contribution in [1.29, 1.82) is 0 Å². The number of aryl methyl sites for hydroxylation is 1. The largest absolute Gasteiger partial charge is 0.489 e. The summed E-state index contributed by atoms with van der Waals surface area (Å²) >= 11 is 0. The van der Waals surface area contributed by atoms with Crippen LogP contribution < -0.4 is 4.74 Å². The number of rotatable bonds is 5. The Hall–Kier alpha value is -1.69. The van der Waals surface area contributed by atoms with E-state index in [1.165, 1.54) is 5.56 Å². The molecule has 5 heteroatoms. The van der Waals surface area contributed by atoms with E-state index in [9.17, 15) is 5.11 Å². The molecule has 2 heterocycles. The average Bonchev–Trinajstić information content (AvgIpc) is 2.54. The van der Waals surface area contributed by atoms with Crippen molar-refractivity contribution < 1.29 is 14.6 Å². The minimum Gasteiger partial charge on any atom is -0.489 e. The molecule has 0 unspecified atom stereocenters. The Morgan fingerprint density at radius 1 is 1.32 bits per heavy atom. The lowest BCUT2D eigenvalue weighted by Crippen LogP contribution is -2.42. The summed E-state index contributed by atoms with van der Waals surface area (Å²) in [4.78, 5) is 6.60. The zero-order valence-electron chi connectivity index (χ0n) is 12.9. The molecule has 0 amide bonds. The number of β-amino-alcohol motifs (C(OH)–C–C–N with tert-alkyl or cyclic N) is 1. The maximum absolute atomic E-state index is 10.2. The number of fused-ring (bicyclic) bond motifs is 1. The lowest BCUT2D eigenvalue weighted by molar-refractivity contribution is 0.00478. The Balaban J connectivity index is 1.62. The Labute approximate surface area is 130 Å². The molecule has 2 aromatic rings. The van der Waals surface area contributed by atoms with Crippen molar-refractivity contribution in [2.75, 3.05) is 39.5 Å². The van der Waals surface area contributed by atoms with Crippen molar-refractivity contribution in [3.8, 4) is 5.75 Å². The van der Waals surface area contributed by atoms with Crippen LogP contribution >= 0.6 is 0 Å². The van der Waals surface area contributed by atoms with Gasteiger partial charge < -0.3 is 14.6 Å². The van der Waals surface area contributed by atoms with Gasteiger partial charge in [-0.15, -0.1) is 0 Å². The highest BCUT2D eigenvalue weighted by Gasteiger charge is 2.16. The Morgan fingerprint density at radius 3 is 2.95 bits per heavy atom. The van der Waals surface area contributed by atoms with Crippen LogP contribution in [0, 0.1) is 6.92 Å². The lowest BCUT2D eigenvalue weighted by atomic mass is 10.1. The van der Waals surface area contributed by atoms with Crippen molar-refractivity contribution in [2.24, 2.45) is 0 Å². The maximum Gasteiger partial charge on any atom is 0.145 e. The Morgan fingerprint density at radius 2 is 2.14 bits per heavy atom. The summed E-state index contributed by atoms with van der Waals surface area (Å²) in [7, 11) is 0. The van der Waals surface area contributed by atoms with Gasteiger partial charge in [-0.25, -0.2) is 0 Å². The second-order valence-electron chi connectivity index (χ2n) is 5.66. The van der Waals surface area contributed by atoms with E-state index in [1.54, 1.807) is 6.20 Å². The number of aromatic nitrogens is 1. The van der Waals surface area contributed by atoms with Crippen LogP contribution in [0.5, 0.6) is 5.75 Å². The SMILES string of the molecule is Cc1ccnc2c(OC[C@H](O)CN3CCOCC3)cccc12. The van der Waals surface area contributed by atoms with Gasteiger partial charge in [-0.3, -0.25) is 9.88 Å². The van der Waals surface area contributed by atoms with E-state index in [0.29, 0.717) is 6.54 Å². The third-order valence-corrected chi connectivity index (χ3v) is 3.96. The summed E-state index contributed by atoms with van der Waals surface area (Å²) in [5, 5.41) is 11.2. The first kappa shape index (κ1) is 15.2. The predicted octanol–water partition coefficient (Wildman–Crippen LogP) is 1.62. The molecule has 22 heavy (non-hydrogen) atoms. The van der Waals surface area contributed by atoms with Crippen LogP contribution in [0.15, 0.2) is 30.5 Å². The first-order valence-corrected chi connectivity index (χ1v) is 7.69. The van der Waals surface area contributed by atoms with Gasteiger partial charge in [0, 0.05) is 31.2 Å². The van der Waals surface area contributed by atoms with Gasteiger partial charge in [0.1, 0.15) is 24.0 Å². The summed E-state index contributed by atoms with van der Waals surface area (Å²) in [5.74, 6) is 0.724. The minimum atomic E-state index is -0.516. The average molecular weight is 302 g/mol. The molecule has 1 atom stereocenters. The first-order chi connectivity index (χ1) is 10.7. The van der Waals surface area contributed by atoms with Gasteiger partial charge in [0.2, 0.25) is 0 Å². The molecule has 0 radical (unpaired) electrons. The molecule has 0 spiro atoms. The summed E-state index contributed by atoms with van der Waals surface area (Å²) < 4.78 is 11.1. The molecule has 1 aliphatic rings. The standard InChI is InChI=1S/C17H22N2O3/c1-13-5-6-18-17-15(13)3-2-4-16(17)22-12-14(20)11-19-7-9-21-10-8-19/h2-6,14,20H,7-12H2,1H3/t14-/m1/s1. The number of morpholine rings is 1. The molecular weight excluding hydrogens is 280 g/mol. The van der Waals surface area contributed by atoms with E-state index in [2.05, 4.69) is 16.8 Å². The van der Waals surface area contributed by atoms with Gasteiger partial charge in [0.15, 0.2) is 0 Å². The van der Waals surface area contributed by atoms with Crippen LogP contribution in [0.4, 0.5) is 0 Å². The van der Waals surface area contributed by atoms with Gasteiger partial charge >= 0.3 is 0 Å². The van der Waals surface area contributed by atoms with Gasteiger partial charge in [0.25, 0.3) is 0 Å². The molecule has 1 fully saturated rings. The number of hydrogen-bond donors (Lipinski definition) is 1. The van der Waals surface area contributed by atoms with E-state index < -0.39 is 6.10 Å². The van der Waals surface area contributed by atoms with Gasteiger partial charge in [-0.05, 0) is 24.6 Å². The molecule has 5 nitrogen and oxygen atoms in total. The second-order valence-corrected chi connectivity index (χ2v) is 5.66. The van der Waals surface area contributed by atoms with Crippen molar-refractivity contribution in [3.63, 3.8) is 0 Å². The molecule has 1 N–H and O–H groups in total. The highest BCUT2D eigenvalue weighted by atomic mass is 16.5.